The topological polar surface area (TPSA) is 105 Å². The molecule has 0 aromatic heterocycles. The third-order valence-electron chi connectivity index (χ3n) is 4.86. The summed E-state index contributed by atoms with van der Waals surface area (Å²) in [7, 11) is 0. The van der Waals surface area contributed by atoms with E-state index in [0.29, 0.717) is 0 Å². The number of amides is 2. The van der Waals surface area contributed by atoms with E-state index in [1.165, 1.54) is 0 Å². The highest BCUT2D eigenvalue weighted by Gasteiger charge is 2.29. The molecule has 1 aliphatic rings. The summed E-state index contributed by atoms with van der Waals surface area (Å²) < 4.78 is 5.45. The van der Waals surface area contributed by atoms with E-state index in [4.69, 9.17) is 9.84 Å². The minimum absolute atomic E-state index is 0.0252. The van der Waals surface area contributed by atoms with Crippen LogP contribution in [-0.4, -0.2) is 42.3 Å². The van der Waals surface area contributed by atoms with Gasteiger partial charge in [-0.25, -0.2) is 4.79 Å². The van der Waals surface area contributed by atoms with Crippen LogP contribution in [0.1, 0.15) is 36.8 Å². The molecule has 0 unspecified atom stereocenters. The van der Waals surface area contributed by atoms with Gasteiger partial charge in [-0.15, -0.1) is 0 Å². The summed E-state index contributed by atoms with van der Waals surface area (Å²) in [6, 6.07) is 15.7. The molecular weight excluding hydrogens is 372 g/mol. The van der Waals surface area contributed by atoms with Crippen LogP contribution in [0.25, 0.3) is 11.1 Å². The number of ether oxygens (including phenoxy) is 1. The Hall–Kier alpha value is -3.35. The molecule has 152 valence electrons. The fourth-order valence-corrected chi connectivity index (χ4v) is 3.55. The molecule has 1 atom stereocenters. The zero-order chi connectivity index (χ0) is 20.8. The summed E-state index contributed by atoms with van der Waals surface area (Å²) in [6.45, 7) is 1.96. The van der Waals surface area contributed by atoms with Gasteiger partial charge in [-0.3, -0.25) is 9.59 Å². The molecule has 7 nitrogen and oxygen atoms in total. The Morgan fingerprint density at radius 2 is 1.62 bits per heavy atom. The lowest BCUT2D eigenvalue weighted by Gasteiger charge is -2.17. The van der Waals surface area contributed by atoms with E-state index < -0.39 is 18.1 Å². The number of aliphatic carboxylic acids is 1. The number of nitrogens with one attached hydrogen (secondary N) is 2. The lowest BCUT2D eigenvalue weighted by atomic mass is 9.98. The van der Waals surface area contributed by atoms with Gasteiger partial charge < -0.3 is 20.5 Å². The first-order valence-corrected chi connectivity index (χ1v) is 9.55. The van der Waals surface area contributed by atoms with Crippen molar-refractivity contribution in [2.75, 3.05) is 13.2 Å². The maximum absolute atomic E-state index is 12.2. The number of hydrogen-bond donors (Lipinski definition) is 3. The van der Waals surface area contributed by atoms with Gasteiger partial charge in [0.25, 0.3) is 0 Å². The number of carboxylic acid groups (broad SMARTS) is 1. The van der Waals surface area contributed by atoms with E-state index in [2.05, 4.69) is 22.8 Å². The van der Waals surface area contributed by atoms with Gasteiger partial charge in [0.15, 0.2) is 0 Å². The molecule has 0 saturated heterocycles. The summed E-state index contributed by atoms with van der Waals surface area (Å²) in [5.74, 6) is -1.32. The maximum atomic E-state index is 12.2. The second-order valence-electron chi connectivity index (χ2n) is 7.07. The van der Waals surface area contributed by atoms with E-state index in [1.54, 1.807) is 6.92 Å². The number of benzene rings is 2. The highest BCUT2D eigenvalue weighted by Crippen LogP contribution is 2.44. The molecule has 0 aliphatic heterocycles. The molecule has 2 amide bonds. The van der Waals surface area contributed by atoms with Crippen LogP contribution in [-0.2, 0) is 14.3 Å². The summed E-state index contributed by atoms with van der Waals surface area (Å²) in [5.41, 5.74) is 4.58. The molecule has 1 aliphatic carbocycles. The van der Waals surface area contributed by atoms with Gasteiger partial charge in [-0.2, -0.15) is 0 Å². The first-order chi connectivity index (χ1) is 14.0. The molecule has 3 N–H and O–H groups in total. The third kappa shape index (κ3) is 5.13. The number of carbonyl (C=O) groups is 3. The van der Waals surface area contributed by atoms with Crippen molar-refractivity contribution >= 4 is 18.0 Å². The molecule has 0 bridgehead atoms. The fraction of sp³-hybridized carbons (Fsp3) is 0.318. The number of carbonyl (C=O) groups excluding carboxylic acids is 2. The van der Waals surface area contributed by atoms with Crippen molar-refractivity contribution in [3.05, 3.63) is 59.7 Å². The highest BCUT2D eigenvalue weighted by molar-refractivity contribution is 5.80. The van der Waals surface area contributed by atoms with E-state index in [1.807, 2.05) is 36.4 Å². The molecule has 0 saturated carbocycles. The minimum atomic E-state index is -0.977. The number of hydrogen-bond acceptors (Lipinski definition) is 4. The van der Waals surface area contributed by atoms with Crippen LogP contribution in [0.4, 0.5) is 4.79 Å². The SMILES string of the molecule is C[C@@H](CC(=O)NCCC(=O)O)NC(=O)OCC1c2ccccc2-c2ccccc21. The predicted molar refractivity (Wildman–Crippen MR) is 108 cm³/mol. The molecule has 3 rings (SSSR count). The van der Waals surface area contributed by atoms with Crippen molar-refractivity contribution in [2.24, 2.45) is 0 Å². The minimum Gasteiger partial charge on any atom is -0.481 e. The number of rotatable bonds is 8. The summed E-state index contributed by atoms with van der Waals surface area (Å²) in [4.78, 5) is 34.4. The lowest BCUT2D eigenvalue weighted by Crippen LogP contribution is -2.38. The van der Waals surface area contributed by atoms with Gasteiger partial charge in [0.2, 0.25) is 5.91 Å². The van der Waals surface area contributed by atoms with Crippen LogP contribution in [0, 0.1) is 0 Å². The van der Waals surface area contributed by atoms with Crippen LogP contribution in [0.15, 0.2) is 48.5 Å². The average Bonchev–Trinajstić information content (AvgIpc) is 3.00. The molecular formula is C22H24N2O5. The second kappa shape index (κ2) is 9.23. The Morgan fingerprint density at radius 1 is 1.03 bits per heavy atom. The number of fused-ring (bicyclic) bond motifs is 3. The van der Waals surface area contributed by atoms with Crippen LogP contribution < -0.4 is 10.6 Å². The summed E-state index contributed by atoms with van der Waals surface area (Å²) >= 11 is 0. The summed E-state index contributed by atoms with van der Waals surface area (Å²) in [5, 5.41) is 13.7. The molecule has 7 heteroatoms. The second-order valence-corrected chi connectivity index (χ2v) is 7.07. The fourth-order valence-electron chi connectivity index (χ4n) is 3.55. The Morgan fingerprint density at radius 3 is 2.21 bits per heavy atom. The van der Waals surface area contributed by atoms with E-state index >= 15 is 0 Å². The van der Waals surface area contributed by atoms with Gasteiger partial charge >= 0.3 is 12.1 Å². The quantitative estimate of drug-likeness (QED) is 0.636. The zero-order valence-electron chi connectivity index (χ0n) is 16.2. The number of carboxylic acids is 1. The van der Waals surface area contributed by atoms with Crippen molar-refractivity contribution in [1.82, 2.24) is 10.6 Å². The van der Waals surface area contributed by atoms with Crippen molar-refractivity contribution in [3.8, 4) is 11.1 Å². The van der Waals surface area contributed by atoms with Gasteiger partial charge in [0.1, 0.15) is 6.61 Å². The number of alkyl carbamates (subject to hydrolysis) is 1. The predicted octanol–water partition coefficient (Wildman–Crippen LogP) is 2.89. The van der Waals surface area contributed by atoms with Crippen molar-refractivity contribution in [3.63, 3.8) is 0 Å². The van der Waals surface area contributed by atoms with E-state index in [-0.39, 0.29) is 37.8 Å². The zero-order valence-corrected chi connectivity index (χ0v) is 16.2. The first-order valence-electron chi connectivity index (χ1n) is 9.55. The smallest absolute Gasteiger partial charge is 0.407 e. The maximum Gasteiger partial charge on any atom is 0.407 e. The molecule has 0 fully saturated rings. The lowest BCUT2D eigenvalue weighted by molar-refractivity contribution is -0.136. The Kier molecular flexibility index (Phi) is 6.49. The van der Waals surface area contributed by atoms with E-state index in [9.17, 15) is 14.4 Å². The third-order valence-corrected chi connectivity index (χ3v) is 4.86. The van der Waals surface area contributed by atoms with Gasteiger partial charge in [0, 0.05) is 24.9 Å². The molecule has 0 radical (unpaired) electrons. The first kappa shape index (κ1) is 20.4. The normalized spacial score (nSPS) is 13.1. The molecule has 2 aromatic rings. The Bertz CT molecular complexity index is 866. The Balaban J connectivity index is 1.51. The van der Waals surface area contributed by atoms with Crippen LogP contribution in [0.5, 0.6) is 0 Å². The molecule has 0 spiro atoms. The average molecular weight is 396 g/mol. The van der Waals surface area contributed by atoms with Crippen molar-refractivity contribution < 1.29 is 24.2 Å². The Labute approximate surface area is 169 Å². The molecule has 2 aromatic carbocycles. The molecule has 0 heterocycles. The van der Waals surface area contributed by atoms with Crippen molar-refractivity contribution in [2.45, 2.75) is 31.7 Å². The standard InChI is InChI=1S/C22H24N2O5/c1-14(12-20(25)23-11-10-21(26)27)24-22(28)29-13-19-17-8-4-2-6-15(17)16-7-3-5-9-18(16)19/h2-9,14,19H,10-13H2,1H3,(H,23,25)(H,24,28)(H,26,27)/t14-/m0/s1. The van der Waals surface area contributed by atoms with E-state index in [0.717, 1.165) is 22.3 Å². The van der Waals surface area contributed by atoms with Crippen LogP contribution in [0.3, 0.4) is 0 Å². The largest absolute Gasteiger partial charge is 0.481 e. The monoisotopic (exact) mass is 396 g/mol. The van der Waals surface area contributed by atoms with Gasteiger partial charge in [0.05, 0.1) is 6.42 Å². The summed E-state index contributed by atoms with van der Waals surface area (Å²) in [6.07, 6.45) is -0.679. The molecule has 29 heavy (non-hydrogen) atoms. The van der Waals surface area contributed by atoms with Crippen LogP contribution in [0.2, 0.25) is 0 Å². The van der Waals surface area contributed by atoms with Crippen LogP contribution >= 0.6 is 0 Å². The van der Waals surface area contributed by atoms with Gasteiger partial charge in [-0.05, 0) is 29.2 Å². The highest BCUT2D eigenvalue weighted by atomic mass is 16.5. The van der Waals surface area contributed by atoms with Crippen molar-refractivity contribution in [1.29, 1.82) is 0 Å². The van der Waals surface area contributed by atoms with Gasteiger partial charge in [-0.1, -0.05) is 48.5 Å².